The molecule has 0 bridgehead atoms. The van der Waals surface area contributed by atoms with Crippen LogP contribution in [0.25, 0.3) is 0 Å². The predicted molar refractivity (Wildman–Crippen MR) is 172 cm³/mol. The second kappa shape index (κ2) is 16.4. The summed E-state index contributed by atoms with van der Waals surface area (Å²) in [4.78, 5) is 52.6. The summed E-state index contributed by atoms with van der Waals surface area (Å²) in [5.74, 6) is -2.87. The second-order valence-corrected chi connectivity index (χ2v) is 14.3. The first-order chi connectivity index (χ1) is 21.6. The molecule has 3 atom stereocenters. The van der Waals surface area contributed by atoms with Crippen molar-refractivity contribution in [3.63, 3.8) is 0 Å². The number of hydrogen-bond acceptors (Lipinski definition) is 8. The first kappa shape index (κ1) is 37.0. The van der Waals surface area contributed by atoms with E-state index in [4.69, 9.17) is 28.4 Å². The number of rotatable bonds is 15. The number of carboxylic acid groups (broad SMARTS) is 1. The monoisotopic (exact) mass is 699 g/mol. The first-order valence-corrected chi connectivity index (χ1v) is 16.9. The average molecular weight is 701 g/mol. The van der Waals surface area contributed by atoms with Gasteiger partial charge in [-0.05, 0) is 67.5 Å². The van der Waals surface area contributed by atoms with Gasteiger partial charge in [-0.3, -0.25) is 25.1 Å². The third-order valence-corrected chi connectivity index (χ3v) is 9.91. The van der Waals surface area contributed by atoms with Gasteiger partial charge in [0.15, 0.2) is 0 Å². The average Bonchev–Trinajstić information content (AvgIpc) is 3.50. The fourth-order valence-electron chi connectivity index (χ4n) is 5.14. The number of carboxylic acids is 1. The van der Waals surface area contributed by atoms with Gasteiger partial charge in [-0.25, -0.2) is 13.2 Å². The molecule has 13 nitrogen and oxygen atoms in total. The minimum absolute atomic E-state index is 0.0233. The van der Waals surface area contributed by atoms with Gasteiger partial charge in [-0.15, -0.1) is 0 Å². The standard InChI is InChI=1S/C30H39Cl2N5O8S/c1-18(2)13-26(36(3)27(38)14-19-6-8-22(35-43)9-7-19)28(39)33-11-10-24(30(41)42)34-29(40)25-5-4-12-37(25)46(44,45)23-16-20(31)15-21(32)17-23/h6-9,15-18,24-26,35,43H,4-5,10-14H2,1-3H3,(H,33,39)(H,34,40)(H,41,42). The van der Waals surface area contributed by atoms with Gasteiger partial charge < -0.3 is 20.6 Å². The maximum atomic E-state index is 13.3. The smallest absolute Gasteiger partial charge is 0.326 e. The number of nitrogens with zero attached hydrogens (tertiary/aromatic N) is 2. The van der Waals surface area contributed by atoms with E-state index in [1.807, 2.05) is 19.3 Å². The minimum Gasteiger partial charge on any atom is -0.480 e. The lowest BCUT2D eigenvalue weighted by molar-refractivity contribution is -0.142. The topological polar surface area (TPSA) is 185 Å². The number of carbonyl (C=O) groups excluding carboxylic acids is 3. The van der Waals surface area contributed by atoms with Gasteiger partial charge in [0.1, 0.15) is 18.1 Å². The zero-order chi connectivity index (χ0) is 34.2. The Balaban J connectivity index is 1.62. The lowest BCUT2D eigenvalue weighted by Crippen LogP contribution is -2.52. The zero-order valence-electron chi connectivity index (χ0n) is 25.7. The molecule has 5 N–H and O–H groups in total. The molecular weight excluding hydrogens is 661 g/mol. The summed E-state index contributed by atoms with van der Waals surface area (Å²) in [5.41, 5.74) is 3.17. The Kier molecular flexibility index (Phi) is 13.2. The molecule has 1 heterocycles. The molecule has 0 radical (unpaired) electrons. The van der Waals surface area contributed by atoms with Crippen molar-refractivity contribution in [2.24, 2.45) is 5.92 Å². The van der Waals surface area contributed by atoms with Crippen molar-refractivity contribution in [3.05, 3.63) is 58.1 Å². The number of amides is 3. The molecule has 46 heavy (non-hydrogen) atoms. The Bertz CT molecular complexity index is 1500. The molecule has 0 spiro atoms. The number of hydrogen-bond donors (Lipinski definition) is 5. The maximum Gasteiger partial charge on any atom is 0.326 e. The molecule has 3 unspecified atom stereocenters. The fraction of sp³-hybridized carbons (Fsp3) is 0.467. The highest BCUT2D eigenvalue weighted by Gasteiger charge is 2.40. The number of likely N-dealkylation sites (N-methyl/N-ethyl adjacent to an activating group) is 1. The van der Waals surface area contributed by atoms with E-state index in [2.05, 4.69) is 10.6 Å². The molecule has 252 valence electrons. The highest BCUT2D eigenvalue weighted by Crippen LogP contribution is 2.30. The van der Waals surface area contributed by atoms with Crippen LogP contribution >= 0.6 is 23.2 Å². The lowest BCUT2D eigenvalue weighted by Gasteiger charge is -2.29. The molecule has 1 fully saturated rings. The number of benzene rings is 2. The molecule has 3 amide bonds. The van der Waals surface area contributed by atoms with E-state index in [-0.39, 0.29) is 59.1 Å². The third-order valence-electron chi connectivity index (χ3n) is 7.59. The van der Waals surface area contributed by atoms with Crippen LogP contribution in [0.2, 0.25) is 10.0 Å². The van der Waals surface area contributed by atoms with Crippen molar-refractivity contribution >= 4 is 62.6 Å². The SMILES string of the molecule is CC(C)CC(C(=O)NCCC(NC(=O)C1CCCN1S(=O)(=O)c1cc(Cl)cc(Cl)c1)C(=O)O)N(C)C(=O)Cc1ccc(NO)cc1. The fourth-order valence-corrected chi connectivity index (χ4v) is 7.53. The summed E-state index contributed by atoms with van der Waals surface area (Å²) in [7, 11) is -2.64. The van der Waals surface area contributed by atoms with Crippen LogP contribution in [0.1, 0.15) is 45.1 Å². The van der Waals surface area contributed by atoms with Crippen LogP contribution in [-0.2, 0) is 35.6 Å². The van der Waals surface area contributed by atoms with Crippen molar-refractivity contribution in [1.82, 2.24) is 19.8 Å². The van der Waals surface area contributed by atoms with Gasteiger partial charge in [0.05, 0.1) is 17.0 Å². The molecule has 3 rings (SSSR count). The summed E-state index contributed by atoms with van der Waals surface area (Å²) in [6.07, 6.45) is 0.753. The van der Waals surface area contributed by atoms with Gasteiger partial charge in [0.25, 0.3) is 0 Å². The number of nitrogens with one attached hydrogen (secondary N) is 3. The number of anilines is 1. The van der Waals surface area contributed by atoms with Gasteiger partial charge in [-0.1, -0.05) is 49.2 Å². The van der Waals surface area contributed by atoms with E-state index in [9.17, 15) is 32.7 Å². The normalized spacial score (nSPS) is 16.5. The Morgan fingerprint density at radius 2 is 1.70 bits per heavy atom. The van der Waals surface area contributed by atoms with E-state index in [1.165, 1.54) is 30.1 Å². The lowest BCUT2D eigenvalue weighted by atomic mass is 10.0. The Morgan fingerprint density at radius 1 is 1.07 bits per heavy atom. The van der Waals surface area contributed by atoms with Gasteiger partial charge >= 0.3 is 5.97 Å². The highest BCUT2D eigenvalue weighted by molar-refractivity contribution is 7.89. The predicted octanol–water partition coefficient (Wildman–Crippen LogP) is 3.14. The summed E-state index contributed by atoms with van der Waals surface area (Å²) >= 11 is 12.0. The largest absolute Gasteiger partial charge is 0.480 e. The van der Waals surface area contributed by atoms with E-state index in [0.29, 0.717) is 24.1 Å². The van der Waals surface area contributed by atoms with Crippen LogP contribution in [0.15, 0.2) is 47.4 Å². The summed E-state index contributed by atoms with van der Waals surface area (Å²) < 4.78 is 27.6. The number of aliphatic carboxylic acids is 1. The molecule has 1 saturated heterocycles. The summed E-state index contributed by atoms with van der Waals surface area (Å²) in [6.45, 7) is 3.73. The number of halogens is 2. The Hall–Kier alpha value is -3.43. The van der Waals surface area contributed by atoms with Crippen LogP contribution in [0, 0.1) is 5.92 Å². The third kappa shape index (κ3) is 9.79. The van der Waals surface area contributed by atoms with Crippen LogP contribution < -0.4 is 16.1 Å². The minimum atomic E-state index is -4.17. The van der Waals surface area contributed by atoms with Gasteiger partial charge in [0.2, 0.25) is 27.7 Å². The Labute approximate surface area is 278 Å². The van der Waals surface area contributed by atoms with E-state index in [0.717, 1.165) is 4.31 Å². The molecule has 0 aromatic heterocycles. The molecule has 2 aromatic carbocycles. The summed E-state index contributed by atoms with van der Waals surface area (Å²) in [6, 6.07) is 7.00. The van der Waals surface area contributed by atoms with Crippen LogP contribution in [0.4, 0.5) is 5.69 Å². The maximum absolute atomic E-state index is 13.3. The van der Waals surface area contributed by atoms with E-state index in [1.54, 1.807) is 24.3 Å². The molecule has 0 saturated carbocycles. The molecule has 1 aliphatic rings. The first-order valence-electron chi connectivity index (χ1n) is 14.7. The molecule has 16 heteroatoms. The number of sulfonamides is 1. The van der Waals surface area contributed by atoms with Crippen molar-refractivity contribution in [3.8, 4) is 0 Å². The van der Waals surface area contributed by atoms with E-state index < -0.39 is 45.9 Å². The quantitative estimate of drug-likeness (QED) is 0.174. The second-order valence-electron chi connectivity index (χ2n) is 11.5. The van der Waals surface area contributed by atoms with Gasteiger partial charge in [-0.2, -0.15) is 4.31 Å². The van der Waals surface area contributed by atoms with Crippen molar-refractivity contribution in [2.45, 2.75) is 69.0 Å². The number of carbonyl (C=O) groups is 4. The highest BCUT2D eigenvalue weighted by atomic mass is 35.5. The van der Waals surface area contributed by atoms with Gasteiger partial charge in [0, 0.05) is 30.2 Å². The summed E-state index contributed by atoms with van der Waals surface area (Å²) in [5, 5.41) is 24.1. The van der Waals surface area contributed by atoms with Crippen molar-refractivity contribution in [2.75, 3.05) is 25.6 Å². The molecular formula is C30H39Cl2N5O8S. The van der Waals surface area contributed by atoms with Crippen LogP contribution in [-0.4, -0.2) is 89.9 Å². The van der Waals surface area contributed by atoms with Crippen molar-refractivity contribution < 1.29 is 37.9 Å². The zero-order valence-corrected chi connectivity index (χ0v) is 28.0. The van der Waals surface area contributed by atoms with Crippen LogP contribution in [0.5, 0.6) is 0 Å². The van der Waals surface area contributed by atoms with Crippen molar-refractivity contribution in [1.29, 1.82) is 0 Å². The molecule has 1 aliphatic heterocycles. The van der Waals surface area contributed by atoms with Crippen LogP contribution in [0.3, 0.4) is 0 Å². The Morgan fingerprint density at radius 3 is 2.26 bits per heavy atom. The van der Waals surface area contributed by atoms with E-state index >= 15 is 0 Å². The molecule has 2 aromatic rings. The molecule has 0 aliphatic carbocycles.